The standard InChI is InChI=1S/C7H4BrIN2S/c8-5-1-2-10-7-4(5)3-6(9)11(7)12/h1-3,12H. The molecule has 0 aliphatic heterocycles. The molecule has 0 saturated carbocycles. The Morgan fingerprint density at radius 2 is 2.33 bits per heavy atom. The third kappa shape index (κ3) is 1.27. The SMILES string of the molecule is Sn1c(I)cc2c(Br)ccnc21. The average molecular weight is 355 g/mol. The van der Waals surface area contributed by atoms with Crippen molar-refractivity contribution in [3.63, 3.8) is 0 Å². The van der Waals surface area contributed by atoms with Crippen molar-refractivity contribution in [2.24, 2.45) is 0 Å². The molecule has 0 N–H and O–H groups in total. The molecule has 2 aromatic rings. The highest BCUT2D eigenvalue weighted by molar-refractivity contribution is 14.1. The van der Waals surface area contributed by atoms with Crippen LogP contribution in [-0.2, 0) is 0 Å². The minimum Gasteiger partial charge on any atom is -0.265 e. The maximum absolute atomic E-state index is 4.29. The summed E-state index contributed by atoms with van der Waals surface area (Å²) in [5, 5.41) is 1.09. The van der Waals surface area contributed by atoms with Crippen molar-refractivity contribution in [1.82, 2.24) is 8.96 Å². The van der Waals surface area contributed by atoms with E-state index >= 15 is 0 Å². The van der Waals surface area contributed by atoms with Crippen LogP contribution in [-0.4, -0.2) is 8.96 Å². The molecule has 2 heterocycles. The zero-order valence-electron chi connectivity index (χ0n) is 5.83. The van der Waals surface area contributed by atoms with Crippen LogP contribution in [0.15, 0.2) is 22.8 Å². The van der Waals surface area contributed by atoms with E-state index in [0.29, 0.717) is 0 Å². The highest BCUT2D eigenvalue weighted by Gasteiger charge is 2.06. The Morgan fingerprint density at radius 1 is 1.58 bits per heavy atom. The number of hydrogen-bond acceptors (Lipinski definition) is 2. The van der Waals surface area contributed by atoms with E-state index in [1.54, 1.807) is 10.2 Å². The predicted molar refractivity (Wildman–Crippen MR) is 64.5 cm³/mol. The summed E-state index contributed by atoms with van der Waals surface area (Å²) >= 11 is 9.96. The Bertz CT molecular complexity index is 440. The first-order chi connectivity index (χ1) is 5.70. The summed E-state index contributed by atoms with van der Waals surface area (Å²) in [5.74, 6) is 0. The van der Waals surface area contributed by atoms with Gasteiger partial charge in [0.25, 0.3) is 0 Å². The van der Waals surface area contributed by atoms with E-state index in [0.717, 1.165) is 19.2 Å². The second-order valence-corrected chi connectivity index (χ2v) is 4.67. The fourth-order valence-corrected chi connectivity index (χ4v) is 2.19. The van der Waals surface area contributed by atoms with Crippen LogP contribution in [0.25, 0.3) is 11.0 Å². The molecule has 2 aromatic heterocycles. The van der Waals surface area contributed by atoms with Crippen molar-refractivity contribution in [3.8, 4) is 0 Å². The van der Waals surface area contributed by atoms with Crippen LogP contribution in [0, 0.1) is 3.70 Å². The molecule has 5 heteroatoms. The zero-order chi connectivity index (χ0) is 8.72. The fraction of sp³-hybridized carbons (Fsp3) is 0. The van der Waals surface area contributed by atoms with Gasteiger partial charge < -0.3 is 0 Å². The molecule has 0 fully saturated rings. The normalized spacial score (nSPS) is 10.9. The van der Waals surface area contributed by atoms with E-state index < -0.39 is 0 Å². The van der Waals surface area contributed by atoms with Crippen LogP contribution in [0.5, 0.6) is 0 Å². The number of rotatable bonds is 0. The monoisotopic (exact) mass is 354 g/mol. The highest BCUT2D eigenvalue weighted by atomic mass is 127. The minimum absolute atomic E-state index is 0.886. The van der Waals surface area contributed by atoms with Crippen molar-refractivity contribution in [2.45, 2.75) is 0 Å². The van der Waals surface area contributed by atoms with Crippen LogP contribution in [0.3, 0.4) is 0 Å². The van der Waals surface area contributed by atoms with Gasteiger partial charge in [-0.1, -0.05) is 12.8 Å². The van der Waals surface area contributed by atoms with Crippen molar-refractivity contribution in [2.75, 3.05) is 0 Å². The van der Waals surface area contributed by atoms with Gasteiger partial charge in [-0.15, -0.1) is 0 Å². The molecule has 0 spiro atoms. The Hall–Kier alpha value is 0.250. The average Bonchev–Trinajstić information content (AvgIpc) is 2.32. The van der Waals surface area contributed by atoms with Gasteiger partial charge in [0, 0.05) is 16.1 Å². The van der Waals surface area contributed by atoms with Crippen LogP contribution in [0.4, 0.5) is 0 Å². The summed E-state index contributed by atoms with van der Waals surface area (Å²) < 4.78 is 3.88. The number of hydrogen-bond donors (Lipinski definition) is 1. The Kier molecular flexibility index (Phi) is 2.35. The van der Waals surface area contributed by atoms with E-state index in [1.165, 1.54) is 0 Å². The molecule has 2 rings (SSSR count). The number of pyridine rings is 1. The molecule has 12 heavy (non-hydrogen) atoms. The van der Waals surface area contributed by atoms with Crippen molar-refractivity contribution < 1.29 is 0 Å². The van der Waals surface area contributed by atoms with E-state index in [9.17, 15) is 0 Å². The van der Waals surface area contributed by atoms with Crippen molar-refractivity contribution in [1.29, 1.82) is 0 Å². The molecule has 62 valence electrons. The minimum atomic E-state index is 0.886. The molecule has 0 radical (unpaired) electrons. The summed E-state index contributed by atoms with van der Waals surface area (Å²) in [4.78, 5) is 4.21. The van der Waals surface area contributed by atoms with Gasteiger partial charge in [0.2, 0.25) is 0 Å². The number of nitrogens with zero attached hydrogens (tertiary/aromatic N) is 2. The molecule has 0 aromatic carbocycles. The van der Waals surface area contributed by atoms with Gasteiger partial charge >= 0.3 is 0 Å². The number of aromatic nitrogens is 2. The first-order valence-corrected chi connectivity index (χ1v) is 5.48. The molecule has 0 atom stereocenters. The second kappa shape index (κ2) is 3.19. The lowest BCUT2D eigenvalue weighted by Gasteiger charge is -1.94. The molecular weight excluding hydrogens is 351 g/mol. The van der Waals surface area contributed by atoms with Gasteiger partial charge in [0.05, 0.1) is 3.70 Å². The van der Waals surface area contributed by atoms with Crippen LogP contribution in [0.2, 0.25) is 0 Å². The topological polar surface area (TPSA) is 17.8 Å². The molecular formula is C7H4BrIN2S. The largest absolute Gasteiger partial charge is 0.265 e. The molecule has 0 saturated heterocycles. The van der Waals surface area contributed by atoms with Crippen LogP contribution < -0.4 is 0 Å². The molecule has 0 unspecified atom stereocenters. The Morgan fingerprint density at radius 3 is 3.00 bits per heavy atom. The third-order valence-corrected chi connectivity index (χ3v) is 3.85. The van der Waals surface area contributed by atoms with E-state index in [2.05, 4.69) is 56.3 Å². The summed E-state index contributed by atoms with van der Waals surface area (Å²) in [7, 11) is 0. The van der Waals surface area contributed by atoms with Gasteiger partial charge in [-0.05, 0) is 50.7 Å². The number of thiol groups is 1. The predicted octanol–water partition coefficient (Wildman–Crippen LogP) is 3.10. The number of fused-ring (bicyclic) bond motifs is 1. The summed E-state index contributed by atoms with van der Waals surface area (Å²) in [5.41, 5.74) is 0.886. The Labute approximate surface area is 97.2 Å². The lowest BCUT2D eigenvalue weighted by molar-refractivity contribution is 1.23. The van der Waals surface area contributed by atoms with Gasteiger partial charge in [0.1, 0.15) is 0 Å². The lowest BCUT2D eigenvalue weighted by Crippen LogP contribution is -1.84. The van der Waals surface area contributed by atoms with Crippen LogP contribution in [0.1, 0.15) is 0 Å². The first-order valence-electron chi connectivity index (χ1n) is 3.21. The highest BCUT2D eigenvalue weighted by Crippen LogP contribution is 2.26. The van der Waals surface area contributed by atoms with Gasteiger partial charge in [-0.3, -0.25) is 3.97 Å². The molecule has 0 aliphatic rings. The second-order valence-electron chi connectivity index (χ2n) is 2.31. The lowest BCUT2D eigenvalue weighted by atomic mass is 10.3. The summed E-state index contributed by atoms with van der Waals surface area (Å²) in [6.07, 6.45) is 1.76. The third-order valence-electron chi connectivity index (χ3n) is 1.58. The molecule has 0 bridgehead atoms. The molecule has 0 aliphatic carbocycles. The summed E-state index contributed by atoms with van der Waals surface area (Å²) in [6, 6.07) is 3.96. The van der Waals surface area contributed by atoms with Crippen LogP contribution >= 0.6 is 51.3 Å². The fourth-order valence-electron chi connectivity index (χ4n) is 1.02. The van der Waals surface area contributed by atoms with Crippen molar-refractivity contribution in [3.05, 3.63) is 26.5 Å². The quantitative estimate of drug-likeness (QED) is 0.568. The molecule has 0 amide bonds. The van der Waals surface area contributed by atoms with E-state index in [4.69, 9.17) is 0 Å². The van der Waals surface area contributed by atoms with E-state index in [1.807, 2.05) is 12.1 Å². The maximum Gasteiger partial charge on any atom is 0.151 e. The first kappa shape index (κ1) is 8.83. The van der Waals surface area contributed by atoms with Gasteiger partial charge in [-0.25, -0.2) is 4.98 Å². The Balaban J connectivity index is 2.95. The van der Waals surface area contributed by atoms with Crippen molar-refractivity contribution >= 4 is 62.4 Å². The van der Waals surface area contributed by atoms with Gasteiger partial charge in [0.15, 0.2) is 5.65 Å². The van der Waals surface area contributed by atoms with Gasteiger partial charge in [-0.2, -0.15) is 0 Å². The smallest absolute Gasteiger partial charge is 0.151 e. The zero-order valence-corrected chi connectivity index (χ0v) is 10.5. The number of halogens is 2. The summed E-state index contributed by atoms with van der Waals surface area (Å²) in [6.45, 7) is 0. The maximum atomic E-state index is 4.29. The van der Waals surface area contributed by atoms with E-state index in [-0.39, 0.29) is 0 Å². The molecule has 2 nitrogen and oxygen atoms in total.